The summed E-state index contributed by atoms with van der Waals surface area (Å²) in [5.74, 6) is -1.39. The summed E-state index contributed by atoms with van der Waals surface area (Å²) in [6.45, 7) is -1.50. The first-order chi connectivity index (χ1) is 18.9. The predicted molar refractivity (Wildman–Crippen MR) is 126 cm³/mol. The number of nitro benzene ring substituents is 1. The molecule has 0 heterocycles. The topological polar surface area (TPSA) is 292 Å². The Morgan fingerprint density at radius 3 is 1.74 bits per heavy atom. The van der Waals surface area contributed by atoms with Crippen molar-refractivity contribution < 1.29 is 108 Å². The summed E-state index contributed by atoms with van der Waals surface area (Å²) >= 11 is 0. The predicted octanol–water partition coefficient (Wildman–Crippen LogP) is -4.31. The maximum atomic E-state index is 12.5. The summed E-state index contributed by atoms with van der Waals surface area (Å²) in [4.78, 5) is 34.2. The van der Waals surface area contributed by atoms with Gasteiger partial charge in [0.15, 0.2) is 0 Å². The number of fused-ring (bicyclic) bond motifs is 2. The molecule has 4 aromatic rings. The Bertz CT molecular complexity index is 1680. The summed E-state index contributed by atoms with van der Waals surface area (Å²) in [6, 6.07) is 13.3. The molecule has 0 aromatic heterocycles. The number of carboxylic acid groups (broad SMARTS) is 3. The molecule has 4 rings (SSSR count). The van der Waals surface area contributed by atoms with Crippen molar-refractivity contribution in [3.8, 4) is 11.5 Å². The van der Waals surface area contributed by atoms with Crippen LogP contribution < -0.4 is 55.1 Å². The molecule has 16 nitrogen and oxygen atoms in total. The fourth-order valence-corrected chi connectivity index (χ4v) is 3.89. The van der Waals surface area contributed by atoms with Crippen molar-refractivity contribution in [2.45, 2.75) is 4.90 Å². The monoisotopic (exact) mass is 648 g/mol. The molecule has 0 saturated heterocycles. The van der Waals surface area contributed by atoms with Gasteiger partial charge in [0.1, 0.15) is 10.1 Å². The third-order valence-corrected chi connectivity index (χ3v) is 5.49. The Morgan fingerprint density at radius 1 is 0.738 bits per heavy atom. The molecular formula is C23H15CrN3NaO13S. The molecule has 0 saturated carbocycles. The van der Waals surface area contributed by atoms with Crippen molar-refractivity contribution in [1.82, 2.24) is 0 Å². The Balaban J connectivity index is -0.000000552. The molecule has 1 radical (unpaired) electrons. The molecule has 0 aliphatic heterocycles. The first kappa shape index (κ1) is 40.0. The molecule has 19 heteroatoms. The quantitative estimate of drug-likeness (QED) is 0.0506. The van der Waals surface area contributed by atoms with Crippen LogP contribution >= 0.6 is 0 Å². The van der Waals surface area contributed by atoms with Gasteiger partial charge >= 0.3 is 49.8 Å². The summed E-state index contributed by atoms with van der Waals surface area (Å²) in [5, 5.41) is 69.1. The van der Waals surface area contributed by atoms with Crippen molar-refractivity contribution in [2.75, 3.05) is 0 Å². The van der Waals surface area contributed by atoms with Gasteiger partial charge in [-0.05, 0) is 17.5 Å². The van der Waals surface area contributed by atoms with E-state index in [1.165, 1.54) is 6.07 Å². The zero-order chi connectivity index (χ0) is 30.5. The van der Waals surface area contributed by atoms with Crippen LogP contribution in [-0.4, -0.2) is 37.3 Å². The number of benzene rings is 4. The van der Waals surface area contributed by atoms with Crippen LogP contribution in [0.2, 0.25) is 0 Å². The van der Waals surface area contributed by atoms with E-state index in [2.05, 4.69) is 10.2 Å². The fraction of sp³-hybridized carbons (Fsp3) is 0. The Hall–Kier alpha value is -4.15. The molecule has 0 atom stereocenters. The van der Waals surface area contributed by atoms with E-state index < -0.39 is 56.5 Å². The molecule has 0 amide bonds. The first-order valence-corrected chi connectivity index (χ1v) is 11.5. The van der Waals surface area contributed by atoms with Crippen LogP contribution in [0.5, 0.6) is 11.5 Å². The van der Waals surface area contributed by atoms with E-state index in [0.29, 0.717) is 16.8 Å². The van der Waals surface area contributed by atoms with Crippen LogP contribution in [0.3, 0.4) is 0 Å². The summed E-state index contributed by atoms with van der Waals surface area (Å²) in [5.41, 5.74) is -0.868. The number of carbonyl (C=O) groups excluding carboxylic acids is 3. The molecule has 4 aromatic carbocycles. The smallest absolute Gasteiger partial charge is 0.871 e. The van der Waals surface area contributed by atoms with E-state index in [9.17, 15) is 33.3 Å². The molecule has 0 spiro atoms. The second kappa shape index (κ2) is 19.1. The third kappa shape index (κ3) is 10.7. The summed E-state index contributed by atoms with van der Waals surface area (Å²) in [7, 11) is -5.11. The van der Waals surface area contributed by atoms with Crippen LogP contribution in [0.1, 0.15) is 2.85 Å². The number of azo groups is 1. The molecule has 42 heavy (non-hydrogen) atoms. The fourth-order valence-electron chi connectivity index (χ4n) is 3.20. The van der Waals surface area contributed by atoms with E-state index in [4.69, 9.17) is 29.7 Å². The van der Waals surface area contributed by atoms with Gasteiger partial charge in [-0.25, -0.2) is 8.42 Å². The van der Waals surface area contributed by atoms with Crippen LogP contribution in [0.15, 0.2) is 75.8 Å². The Morgan fingerprint density at radius 2 is 1.24 bits per heavy atom. The third-order valence-electron chi connectivity index (χ3n) is 4.61. The van der Waals surface area contributed by atoms with Gasteiger partial charge in [0, 0.05) is 47.7 Å². The molecular weight excluding hydrogens is 633 g/mol. The molecule has 213 valence electrons. The van der Waals surface area contributed by atoms with E-state index in [0.717, 1.165) is 18.2 Å². The van der Waals surface area contributed by atoms with Gasteiger partial charge in [-0.15, -0.1) is 0 Å². The van der Waals surface area contributed by atoms with Crippen molar-refractivity contribution in [1.29, 1.82) is 0 Å². The van der Waals surface area contributed by atoms with E-state index >= 15 is 0 Å². The molecule has 0 aliphatic rings. The van der Waals surface area contributed by atoms with Gasteiger partial charge < -0.3 is 44.5 Å². The van der Waals surface area contributed by atoms with E-state index in [1.807, 2.05) is 0 Å². The molecule has 0 N–H and O–H groups in total. The van der Waals surface area contributed by atoms with Gasteiger partial charge in [-0.1, -0.05) is 47.9 Å². The number of hydrogen-bond acceptors (Lipinski definition) is 15. The van der Waals surface area contributed by atoms with Gasteiger partial charge in [0.25, 0.3) is 5.69 Å². The van der Waals surface area contributed by atoms with E-state index in [1.54, 1.807) is 30.3 Å². The number of carbonyl (C=O) groups is 3. The zero-order valence-electron chi connectivity index (χ0n) is 23.0. The van der Waals surface area contributed by atoms with Crippen LogP contribution in [0.4, 0.5) is 17.1 Å². The minimum atomic E-state index is -5.11. The standard InChI is InChI=1S/C20H13N3O7S.3CH2O2.Cr.Na/c24-16-8-5-11-3-1-2-4-13(11)19(16)21-22-20-14-7-6-12(23(26)27)9-15(14)18(10-17(20)25)31(28,29)30;3*2-1-3;;/h1-10,24-25H,(H,28,29,30);3*1H,(H,2,3);;/q;;;;+3;+1/p-4. The second-order valence-corrected chi connectivity index (χ2v) is 8.13. The van der Waals surface area contributed by atoms with E-state index in [-0.39, 0.29) is 71.9 Å². The number of nitro groups is 1. The SMILES string of the molecule is O=C[O-].O=C[O-].O=C[O-].O=[N+]([O-])c1ccc2c(N=Nc3c([O-])ccc4ccccc34)c([O-])cc(S(=O)(=O)[O-])c2c1.[Cr+3].[H+].[H+].[Na+]. The number of nitrogens with zero attached hydrogens (tertiary/aromatic N) is 3. The normalized spacial score (nSPS) is 9.74. The van der Waals surface area contributed by atoms with Crippen molar-refractivity contribution >= 4 is 68.1 Å². The number of hydrogen-bond donors (Lipinski definition) is 0. The van der Waals surface area contributed by atoms with Gasteiger partial charge in [0.2, 0.25) is 0 Å². The molecule has 0 fully saturated rings. The Labute approximate surface area is 271 Å². The maximum absolute atomic E-state index is 12.5. The second-order valence-electron chi connectivity index (χ2n) is 6.78. The van der Waals surface area contributed by atoms with Crippen LogP contribution in [0.25, 0.3) is 21.5 Å². The Kier molecular flexibility index (Phi) is 18.1. The average molecular weight is 648 g/mol. The minimum Gasteiger partial charge on any atom is -0.871 e. The average Bonchev–Trinajstić information content (AvgIpc) is 2.89. The number of non-ortho nitro benzene ring substituents is 1. The van der Waals surface area contributed by atoms with Gasteiger partial charge in [-0.3, -0.25) is 10.1 Å². The van der Waals surface area contributed by atoms with Crippen LogP contribution in [0, 0.1) is 10.1 Å². The largest absolute Gasteiger partial charge is 3.00 e. The van der Waals surface area contributed by atoms with Gasteiger partial charge in [-0.2, -0.15) is 10.2 Å². The molecule has 0 aliphatic carbocycles. The first-order valence-electron chi connectivity index (χ1n) is 10.1. The van der Waals surface area contributed by atoms with Gasteiger partial charge in [0.05, 0.1) is 21.2 Å². The van der Waals surface area contributed by atoms with Crippen molar-refractivity contribution in [3.63, 3.8) is 0 Å². The van der Waals surface area contributed by atoms with Crippen molar-refractivity contribution in [3.05, 3.63) is 70.8 Å². The van der Waals surface area contributed by atoms with Crippen molar-refractivity contribution in [2.24, 2.45) is 10.2 Å². The number of rotatable bonds is 4. The minimum absolute atomic E-state index is 0. The molecule has 0 bridgehead atoms. The van der Waals surface area contributed by atoms with Crippen LogP contribution in [-0.2, 0) is 41.9 Å². The zero-order valence-corrected chi connectivity index (χ0v) is 25.1. The maximum Gasteiger partial charge on any atom is 3.00 e. The summed E-state index contributed by atoms with van der Waals surface area (Å²) < 4.78 is 34.8. The molecule has 0 unspecified atom stereocenters. The summed E-state index contributed by atoms with van der Waals surface area (Å²) in [6.07, 6.45) is 0.